The molecule has 3 aromatic rings. The fraction of sp³-hybridized carbons (Fsp3) is 0.400. The molecule has 1 aliphatic rings. The Bertz CT molecular complexity index is 1080. The van der Waals surface area contributed by atoms with Gasteiger partial charge in [-0.05, 0) is 35.6 Å². The number of aromatic nitrogens is 2. The summed E-state index contributed by atoms with van der Waals surface area (Å²) in [7, 11) is 0. The molecule has 0 radical (unpaired) electrons. The zero-order chi connectivity index (χ0) is 22.7. The van der Waals surface area contributed by atoms with Gasteiger partial charge in [0.15, 0.2) is 0 Å². The molecule has 1 amide bonds. The number of aryl methyl sites for hydroxylation is 1. The Labute approximate surface area is 199 Å². The summed E-state index contributed by atoms with van der Waals surface area (Å²) >= 11 is 7.75. The fourth-order valence-corrected chi connectivity index (χ4v) is 4.96. The van der Waals surface area contributed by atoms with Crippen molar-refractivity contribution in [1.29, 1.82) is 0 Å². The van der Waals surface area contributed by atoms with Crippen LogP contribution in [0.1, 0.15) is 59.0 Å². The number of carbonyl (C=O) groups excluding carboxylic acids is 1. The average molecular weight is 469 g/mol. The molecule has 0 aliphatic carbocycles. The quantitative estimate of drug-likeness (QED) is 0.484. The Kier molecular flexibility index (Phi) is 7.11. The molecule has 0 unspecified atom stereocenters. The Morgan fingerprint density at radius 3 is 2.53 bits per heavy atom. The lowest BCUT2D eigenvalue weighted by Crippen LogP contribution is -2.49. The van der Waals surface area contributed by atoms with Gasteiger partial charge in [-0.1, -0.05) is 50.6 Å². The molecule has 1 saturated heterocycles. The number of rotatable bonds is 6. The van der Waals surface area contributed by atoms with Crippen LogP contribution in [-0.2, 0) is 12.8 Å². The number of nitrogens with zero attached hydrogens (tertiary/aromatic N) is 4. The van der Waals surface area contributed by atoms with Crippen molar-refractivity contribution in [3.8, 4) is 0 Å². The first kappa shape index (κ1) is 22.7. The highest BCUT2D eigenvalue weighted by Gasteiger charge is 2.26. The molecule has 32 heavy (non-hydrogen) atoms. The van der Waals surface area contributed by atoms with Crippen molar-refractivity contribution >= 4 is 34.7 Å². The zero-order valence-electron chi connectivity index (χ0n) is 18.8. The Morgan fingerprint density at radius 2 is 1.91 bits per heavy atom. The number of hydrogen-bond acceptors (Lipinski definition) is 5. The summed E-state index contributed by atoms with van der Waals surface area (Å²) in [5.74, 6) is 2.26. The Morgan fingerprint density at radius 1 is 1.12 bits per heavy atom. The van der Waals surface area contributed by atoms with E-state index in [-0.39, 0.29) is 11.8 Å². The second kappa shape index (κ2) is 10.0. The van der Waals surface area contributed by atoms with E-state index in [1.54, 1.807) is 0 Å². The summed E-state index contributed by atoms with van der Waals surface area (Å²) in [6, 6.07) is 11.8. The third-order valence-corrected chi connectivity index (χ3v) is 6.90. The summed E-state index contributed by atoms with van der Waals surface area (Å²) in [5, 5.41) is 2.69. The van der Waals surface area contributed by atoms with E-state index in [1.807, 2.05) is 40.6 Å². The highest BCUT2D eigenvalue weighted by Crippen LogP contribution is 2.28. The smallest absolute Gasteiger partial charge is 0.264 e. The lowest BCUT2D eigenvalue weighted by atomic mass is 10.0. The van der Waals surface area contributed by atoms with Crippen LogP contribution in [0.5, 0.6) is 0 Å². The van der Waals surface area contributed by atoms with E-state index >= 15 is 0 Å². The zero-order valence-corrected chi connectivity index (χ0v) is 20.4. The van der Waals surface area contributed by atoms with Crippen molar-refractivity contribution in [2.24, 2.45) is 0 Å². The lowest BCUT2D eigenvalue weighted by molar-refractivity contribution is 0.0751. The molecule has 0 spiro atoms. The molecular formula is C25H29ClN4OS. The first-order valence-electron chi connectivity index (χ1n) is 11.2. The van der Waals surface area contributed by atoms with Gasteiger partial charge >= 0.3 is 0 Å². The molecule has 2 aromatic heterocycles. The topological polar surface area (TPSA) is 49.3 Å². The number of anilines is 1. The van der Waals surface area contributed by atoms with Crippen molar-refractivity contribution in [1.82, 2.24) is 14.9 Å². The molecule has 4 rings (SSSR count). The summed E-state index contributed by atoms with van der Waals surface area (Å²) < 4.78 is 0. The molecule has 1 aliphatic heterocycles. The van der Waals surface area contributed by atoms with Gasteiger partial charge in [-0.25, -0.2) is 9.97 Å². The number of piperazine rings is 1. The van der Waals surface area contributed by atoms with Gasteiger partial charge in [-0.3, -0.25) is 4.79 Å². The largest absolute Gasteiger partial charge is 0.353 e. The van der Waals surface area contributed by atoms with Gasteiger partial charge in [-0.2, -0.15) is 0 Å². The van der Waals surface area contributed by atoms with Gasteiger partial charge in [0.1, 0.15) is 11.6 Å². The summed E-state index contributed by atoms with van der Waals surface area (Å²) in [6.45, 7) is 9.31. The van der Waals surface area contributed by atoms with E-state index in [4.69, 9.17) is 21.6 Å². The fourth-order valence-electron chi connectivity index (χ4n) is 4.06. The van der Waals surface area contributed by atoms with Crippen molar-refractivity contribution in [2.45, 2.75) is 39.5 Å². The highest BCUT2D eigenvalue weighted by molar-refractivity contribution is 7.12. The van der Waals surface area contributed by atoms with Crippen LogP contribution in [0.2, 0.25) is 5.02 Å². The van der Waals surface area contributed by atoms with Crippen LogP contribution in [0.4, 0.5) is 5.82 Å². The van der Waals surface area contributed by atoms with E-state index in [1.165, 1.54) is 11.3 Å². The van der Waals surface area contributed by atoms with Crippen LogP contribution in [0, 0.1) is 0 Å². The SMILES string of the molecule is CCc1nc(C(C)C)nc(N2CCN(C(=O)c3cccs3)CC2)c1Cc1cccc(Cl)c1. The number of amides is 1. The number of benzene rings is 1. The second-order valence-electron chi connectivity index (χ2n) is 8.40. The standard InChI is InChI=1S/C25H29ClN4OS/c1-4-21-20(16-18-7-5-8-19(26)15-18)24(28-23(27-21)17(2)3)29-10-12-30(13-11-29)25(31)22-9-6-14-32-22/h5-9,14-15,17H,4,10-13,16H2,1-3H3. The Balaban J connectivity index is 1.63. The molecular weight excluding hydrogens is 440 g/mol. The Hall–Kier alpha value is -2.44. The van der Waals surface area contributed by atoms with E-state index in [0.29, 0.717) is 13.1 Å². The highest BCUT2D eigenvalue weighted by atomic mass is 35.5. The molecule has 7 heteroatoms. The van der Waals surface area contributed by atoms with Crippen molar-refractivity contribution in [2.75, 3.05) is 31.1 Å². The van der Waals surface area contributed by atoms with Gasteiger partial charge in [0.25, 0.3) is 5.91 Å². The molecule has 0 N–H and O–H groups in total. The molecule has 1 fully saturated rings. The van der Waals surface area contributed by atoms with Gasteiger partial charge in [0.2, 0.25) is 0 Å². The molecule has 5 nitrogen and oxygen atoms in total. The second-order valence-corrected chi connectivity index (χ2v) is 9.79. The van der Waals surface area contributed by atoms with Crippen molar-refractivity contribution < 1.29 is 4.79 Å². The summed E-state index contributed by atoms with van der Waals surface area (Å²) in [4.78, 5) is 27.8. The van der Waals surface area contributed by atoms with Crippen LogP contribution >= 0.6 is 22.9 Å². The molecule has 0 atom stereocenters. The number of carbonyl (C=O) groups is 1. The predicted molar refractivity (Wildman–Crippen MR) is 132 cm³/mol. The number of thiophene rings is 1. The summed E-state index contributed by atoms with van der Waals surface area (Å²) in [6.07, 6.45) is 1.59. The lowest BCUT2D eigenvalue weighted by Gasteiger charge is -2.36. The van der Waals surface area contributed by atoms with Crippen LogP contribution in [-0.4, -0.2) is 47.0 Å². The average Bonchev–Trinajstić information content (AvgIpc) is 3.34. The van der Waals surface area contributed by atoms with Crippen LogP contribution in [0.25, 0.3) is 0 Å². The van der Waals surface area contributed by atoms with E-state index in [2.05, 4.69) is 31.7 Å². The number of halogens is 1. The molecule has 0 bridgehead atoms. The monoisotopic (exact) mass is 468 g/mol. The summed E-state index contributed by atoms with van der Waals surface area (Å²) in [5.41, 5.74) is 3.41. The van der Waals surface area contributed by atoms with Gasteiger partial charge < -0.3 is 9.80 Å². The maximum Gasteiger partial charge on any atom is 0.264 e. The van der Waals surface area contributed by atoms with E-state index in [0.717, 1.165) is 64.3 Å². The van der Waals surface area contributed by atoms with Crippen molar-refractivity contribution in [3.05, 3.63) is 74.3 Å². The minimum absolute atomic E-state index is 0.124. The van der Waals surface area contributed by atoms with Crippen molar-refractivity contribution in [3.63, 3.8) is 0 Å². The van der Waals surface area contributed by atoms with Crippen LogP contribution in [0.15, 0.2) is 41.8 Å². The molecule has 0 saturated carbocycles. The molecule has 1 aromatic carbocycles. The number of hydrogen-bond donors (Lipinski definition) is 0. The molecule has 3 heterocycles. The predicted octanol–water partition coefficient (Wildman–Crippen LogP) is 5.43. The minimum atomic E-state index is 0.124. The third-order valence-electron chi connectivity index (χ3n) is 5.81. The third kappa shape index (κ3) is 4.97. The first-order valence-corrected chi connectivity index (χ1v) is 12.4. The van der Waals surface area contributed by atoms with Crippen LogP contribution < -0.4 is 4.90 Å². The van der Waals surface area contributed by atoms with E-state index in [9.17, 15) is 4.79 Å². The van der Waals surface area contributed by atoms with Gasteiger partial charge in [0.05, 0.1) is 4.88 Å². The van der Waals surface area contributed by atoms with Gasteiger partial charge in [-0.15, -0.1) is 11.3 Å². The molecule has 168 valence electrons. The maximum absolute atomic E-state index is 12.8. The first-order chi connectivity index (χ1) is 15.5. The maximum atomic E-state index is 12.8. The minimum Gasteiger partial charge on any atom is -0.353 e. The normalized spacial score (nSPS) is 14.3. The van der Waals surface area contributed by atoms with Gasteiger partial charge in [0, 0.05) is 54.8 Å². The van der Waals surface area contributed by atoms with Crippen LogP contribution in [0.3, 0.4) is 0 Å². The van der Waals surface area contributed by atoms with E-state index < -0.39 is 0 Å².